The molecule has 0 atom stereocenters. The zero-order valence-electron chi connectivity index (χ0n) is 12.0. The molecule has 1 heterocycles. The number of ketones is 1. The lowest BCUT2D eigenvalue weighted by Crippen LogP contribution is -2.11. The van der Waals surface area contributed by atoms with E-state index in [4.69, 9.17) is 11.6 Å². The number of hydrogen-bond acceptors (Lipinski definition) is 2. The van der Waals surface area contributed by atoms with Gasteiger partial charge >= 0.3 is 0 Å². The highest BCUT2D eigenvalue weighted by molar-refractivity contribution is 6.33. The number of pyridine rings is 1. The lowest BCUT2D eigenvalue weighted by molar-refractivity contribution is 0.0988. The van der Waals surface area contributed by atoms with Crippen molar-refractivity contribution in [3.63, 3.8) is 0 Å². The van der Waals surface area contributed by atoms with Crippen molar-refractivity contribution < 1.29 is 4.79 Å². The number of carbonyl (C=O) groups excluding carboxylic acids is 1. The maximum atomic E-state index is 12.2. The summed E-state index contributed by atoms with van der Waals surface area (Å²) in [6.07, 6.45) is 1.91. The lowest BCUT2D eigenvalue weighted by Gasteiger charge is -2.19. The first-order valence-electron chi connectivity index (χ1n) is 6.61. The molecule has 0 N–H and O–H groups in total. The molecule has 0 radical (unpaired) electrons. The average Bonchev–Trinajstić information content (AvgIpc) is 2.38. The third-order valence-electron chi connectivity index (χ3n) is 3.21. The van der Waals surface area contributed by atoms with Gasteiger partial charge in [-0.15, -0.1) is 0 Å². The van der Waals surface area contributed by atoms with E-state index < -0.39 is 0 Å². The number of hydrogen-bond donors (Lipinski definition) is 0. The van der Waals surface area contributed by atoms with Gasteiger partial charge in [0.2, 0.25) is 0 Å². The van der Waals surface area contributed by atoms with Crippen LogP contribution in [0.2, 0.25) is 5.02 Å². The first kappa shape index (κ1) is 14.7. The summed E-state index contributed by atoms with van der Waals surface area (Å²) in [7, 11) is 0. The minimum atomic E-state index is -0.0564. The molecule has 0 aliphatic carbocycles. The van der Waals surface area contributed by atoms with Crippen molar-refractivity contribution in [3.05, 3.63) is 64.4 Å². The Hall–Kier alpha value is -1.67. The second-order valence-corrected chi connectivity index (χ2v) is 6.29. The summed E-state index contributed by atoms with van der Waals surface area (Å²) in [4.78, 5) is 16.2. The van der Waals surface area contributed by atoms with Crippen LogP contribution in [0.5, 0.6) is 0 Å². The molecule has 104 valence electrons. The Morgan fingerprint density at radius 3 is 2.35 bits per heavy atom. The predicted octanol–water partition coefficient (Wildman–Crippen LogP) is 4.46. The zero-order valence-corrected chi connectivity index (χ0v) is 12.7. The van der Waals surface area contributed by atoms with Crippen LogP contribution in [0.3, 0.4) is 0 Å². The number of rotatable bonds is 3. The molecule has 0 saturated carbocycles. The summed E-state index contributed by atoms with van der Waals surface area (Å²) in [5.74, 6) is -0.0564. The first-order valence-corrected chi connectivity index (χ1v) is 6.99. The monoisotopic (exact) mass is 287 g/mol. The Kier molecular flexibility index (Phi) is 4.24. The van der Waals surface area contributed by atoms with Crippen molar-refractivity contribution in [2.75, 3.05) is 0 Å². The number of halogens is 1. The fourth-order valence-corrected chi connectivity index (χ4v) is 2.21. The van der Waals surface area contributed by atoms with Gasteiger partial charge in [-0.25, -0.2) is 0 Å². The first-order chi connectivity index (χ1) is 9.38. The maximum absolute atomic E-state index is 12.2. The molecule has 0 amide bonds. The summed E-state index contributed by atoms with van der Waals surface area (Å²) in [5, 5.41) is 0.406. The Labute approximate surface area is 124 Å². The Morgan fingerprint density at radius 2 is 1.80 bits per heavy atom. The largest absolute Gasteiger partial charge is 0.292 e. The summed E-state index contributed by atoms with van der Waals surface area (Å²) < 4.78 is 0. The maximum Gasteiger partial charge on any atom is 0.187 e. The van der Waals surface area contributed by atoms with Gasteiger partial charge in [0, 0.05) is 12.6 Å². The van der Waals surface area contributed by atoms with Crippen LogP contribution in [0.15, 0.2) is 42.6 Å². The molecule has 0 fully saturated rings. The third kappa shape index (κ3) is 3.45. The molecule has 1 aromatic heterocycles. The Morgan fingerprint density at radius 1 is 1.15 bits per heavy atom. The van der Waals surface area contributed by atoms with E-state index in [0.29, 0.717) is 17.1 Å². The third-order valence-corrected chi connectivity index (χ3v) is 3.51. The van der Waals surface area contributed by atoms with E-state index in [-0.39, 0.29) is 11.2 Å². The summed E-state index contributed by atoms with van der Waals surface area (Å²) in [6, 6.07) is 11.5. The molecule has 2 rings (SSSR count). The molecule has 0 saturated heterocycles. The molecular weight excluding hydrogens is 270 g/mol. The van der Waals surface area contributed by atoms with Crippen molar-refractivity contribution in [1.82, 2.24) is 4.98 Å². The summed E-state index contributed by atoms with van der Waals surface area (Å²) >= 11 is 5.99. The molecule has 0 unspecified atom stereocenters. The van der Waals surface area contributed by atoms with Gasteiger partial charge in [-0.3, -0.25) is 9.78 Å². The van der Waals surface area contributed by atoms with Gasteiger partial charge in [0.05, 0.1) is 5.02 Å². The van der Waals surface area contributed by atoms with E-state index in [1.54, 1.807) is 18.3 Å². The second-order valence-electron chi connectivity index (χ2n) is 5.88. The quantitative estimate of drug-likeness (QED) is 0.780. The van der Waals surface area contributed by atoms with Crippen molar-refractivity contribution in [1.29, 1.82) is 0 Å². The normalized spacial score (nSPS) is 11.4. The van der Waals surface area contributed by atoms with Gasteiger partial charge in [-0.2, -0.15) is 0 Å². The van der Waals surface area contributed by atoms with Crippen molar-refractivity contribution in [3.8, 4) is 0 Å². The minimum Gasteiger partial charge on any atom is -0.292 e. The van der Waals surface area contributed by atoms with Gasteiger partial charge in [0.25, 0.3) is 0 Å². The number of nitrogens with zero attached hydrogens (tertiary/aromatic N) is 1. The molecule has 0 aliphatic heterocycles. The highest BCUT2D eigenvalue weighted by Gasteiger charge is 2.15. The van der Waals surface area contributed by atoms with Gasteiger partial charge in [0.15, 0.2) is 5.78 Å². The predicted molar refractivity (Wildman–Crippen MR) is 82.4 cm³/mol. The second kappa shape index (κ2) is 5.76. The van der Waals surface area contributed by atoms with E-state index in [0.717, 1.165) is 5.56 Å². The summed E-state index contributed by atoms with van der Waals surface area (Å²) in [5.41, 5.74) is 2.69. The van der Waals surface area contributed by atoms with Crippen LogP contribution < -0.4 is 0 Å². The van der Waals surface area contributed by atoms with Crippen molar-refractivity contribution in [2.24, 2.45) is 0 Å². The molecule has 0 bridgehead atoms. The summed E-state index contributed by atoms with van der Waals surface area (Å²) in [6.45, 7) is 6.50. The topological polar surface area (TPSA) is 30.0 Å². The number of carbonyl (C=O) groups is 1. The SMILES string of the molecule is CC(C)(C)c1ccc(CC(=O)c2ncccc2Cl)cc1. The van der Waals surface area contributed by atoms with Gasteiger partial charge in [0.1, 0.15) is 5.69 Å². The van der Waals surface area contributed by atoms with Crippen LogP contribution in [0.4, 0.5) is 0 Å². The Bertz CT molecular complexity index is 612. The fraction of sp³-hybridized carbons (Fsp3) is 0.294. The van der Waals surface area contributed by atoms with E-state index in [2.05, 4.69) is 37.9 Å². The van der Waals surface area contributed by atoms with Crippen LogP contribution in [-0.2, 0) is 11.8 Å². The molecular formula is C17H18ClNO. The number of Topliss-reactive ketones (excluding diaryl/α,β-unsaturated/α-hetero) is 1. The van der Waals surface area contributed by atoms with E-state index in [9.17, 15) is 4.79 Å². The van der Waals surface area contributed by atoms with E-state index in [1.807, 2.05) is 12.1 Å². The molecule has 20 heavy (non-hydrogen) atoms. The van der Waals surface area contributed by atoms with E-state index >= 15 is 0 Å². The highest BCUT2D eigenvalue weighted by Crippen LogP contribution is 2.23. The van der Waals surface area contributed by atoms with Crippen LogP contribution >= 0.6 is 11.6 Å². The van der Waals surface area contributed by atoms with E-state index in [1.165, 1.54) is 5.56 Å². The molecule has 3 heteroatoms. The highest BCUT2D eigenvalue weighted by atomic mass is 35.5. The fourth-order valence-electron chi connectivity index (χ4n) is 1.98. The minimum absolute atomic E-state index is 0.0564. The van der Waals surface area contributed by atoms with Crippen LogP contribution in [0.1, 0.15) is 42.4 Å². The Balaban J connectivity index is 2.15. The van der Waals surface area contributed by atoms with Gasteiger partial charge < -0.3 is 0 Å². The van der Waals surface area contributed by atoms with Crippen LogP contribution in [0, 0.1) is 0 Å². The smallest absolute Gasteiger partial charge is 0.187 e. The molecule has 0 aliphatic rings. The molecule has 1 aromatic carbocycles. The standard InChI is InChI=1S/C17H18ClNO/c1-17(2,3)13-8-6-12(7-9-13)11-15(20)16-14(18)5-4-10-19-16/h4-10H,11H2,1-3H3. The number of benzene rings is 1. The average molecular weight is 288 g/mol. The number of aromatic nitrogens is 1. The molecule has 0 spiro atoms. The van der Waals surface area contributed by atoms with Gasteiger partial charge in [-0.05, 0) is 28.7 Å². The molecule has 2 nitrogen and oxygen atoms in total. The lowest BCUT2D eigenvalue weighted by atomic mass is 9.86. The van der Waals surface area contributed by atoms with Crippen LogP contribution in [-0.4, -0.2) is 10.8 Å². The van der Waals surface area contributed by atoms with Crippen molar-refractivity contribution in [2.45, 2.75) is 32.6 Å². The molecule has 2 aromatic rings. The zero-order chi connectivity index (χ0) is 14.8. The van der Waals surface area contributed by atoms with Crippen LogP contribution in [0.25, 0.3) is 0 Å². The van der Waals surface area contributed by atoms with Gasteiger partial charge in [-0.1, -0.05) is 56.6 Å². The van der Waals surface area contributed by atoms with Crippen molar-refractivity contribution >= 4 is 17.4 Å².